The average Bonchev–Trinajstić information content (AvgIpc) is 2.17. The van der Waals surface area contributed by atoms with Crippen LogP contribution in [0.3, 0.4) is 0 Å². The van der Waals surface area contributed by atoms with Crippen molar-refractivity contribution in [2.75, 3.05) is 7.05 Å². The number of likely N-dealkylation sites (N-methyl/N-ethyl adjacent to an activating group) is 1. The zero-order valence-corrected chi connectivity index (χ0v) is 8.96. The predicted molar refractivity (Wildman–Crippen MR) is 58.1 cm³/mol. The number of rotatable bonds is 3. The molecule has 0 aromatic heterocycles. The second-order valence-electron chi connectivity index (χ2n) is 3.78. The Kier molecular flexibility index (Phi) is 3.49. The summed E-state index contributed by atoms with van der Waals surface area (Å²) in [5, 5.41) is 3.28. The standard InChI is InChI=1S/C12H19N/c1-9-5-7-12(8-6-9)10(2)11(3)13-4/h5-8,10-11,13H,1-4H3. The summed E-state index contributed by atoms with van der Waals surface area (Å²) < 4.78 is 0. The fourth-order valence-corrected chi connectivity index (χ4v) is 1.41. The molecule has 0 heterocycles. The number of benzene rings is 1. The molecule has 72 valence electrons. The van der Waals surface area contributed by atoms with Crippen LogP contribution in [0.15, 0.2) is 24.3 Å². The molecule has 2 unspecified atom stereocenters. The molecule has 2 atom stereocenters. The van der Waals surface area contributed by atoms with Gasteiger partial charge < -0.3 is 5.32 Å². The van der Waals surface area contributed by atoms with Gasteiger partial charge in [0.2, 0.25) is 0 Å². The maximum Gasteiger partial charge on any atom is 0.0102 e. The monoisotopic (exact) mass is 177 g/mol. The van der Waals surface area contributed by atoms with Crippen LogP contribution in [-0.2, 0) is 0 Å². The summed E-state index contributed by atoms with van der Waals surface area (Å²) in [6.45, 7) is 6.59. The number of hydrogen-bond acceptors (Lipinski definition) is 1. The van der Waals surface area contributed by atoms with Gasteiger partial charge in [0.1, 0.15) is 0 Å². The Morgan fingerprint density at radius 3 is 2.08 bits per heavy atom. The Hall–Kier alpha value is -0.820. The quantitative estimate of drug-likeness (QED) is 0.748. The highest BCUT2D eigenvalue weighted by atomic mass is 14.9. The van der Waals surface area contributed by atoms with Crippen molar-refractivity contribution in [3.63, 3.8) is 0 Å². The summed E-state index contributed by atoms with van der Waals surface area (Å²) in [5.41, 5.74) is 2.74. The Morgan fingerprint density at radius 2 is 1.62 bits per heavy atom. The molecule has 1 heteroatoms. The molecule has 0 aliphatic carbocycles. The lowest BCUT2D eigenvalue weighted by Crippen LogP contribution is -2.27. The molecule has 0 saturated heterocycles. The van der Waals surface area contributed by atoms with Crippen molar-refractivity contribution in [1.82, 2.24) is 5.32 Å². The van der Waals surface area contributed by atoms with Gasteiger partial charge in [-0.1, -0.05) is 36.8 Å². The van der Waals surface area contributed by atoms with Crippen molar-refractivity contribution in [3.8, 4) is 0 Å². The normalized spacial score (nSPS) is 15.4. The highest BCUT2D eigenvalue weighted by Gasteiger charge is 2.11. The van der Waals surface area contributed by atoms with Gasteiger partial charge in [0.25, 0.3) is 0 Å². The van der Waals surface area contributed by atoms with Gasteiger partial charge >= 0.3 is 0 Å². The lowest BCUT2D eigenvalue weighted by Gasteiger charge is -2.19. The van der Waals surface area contributed by atoms with Gasteiger partial charge in [0.05, 0.1) is 0 Å². The van der Waals surface area contributed by atoms with E-state index in [1.54, 1.807) is 0 Å². The first kappa shape index (κ1) is 10.3. The van der Waals surface area contributed by atoms with Crippen LogP contribution in [0.25, 0.3) is 0 Å². The van der Waals surface area contributed by atoms with Crippen LogP contribution >= 0.6 is 0 Å². The molecule has 13 heavy (non-hydrogen) atoms. The van der Waals surface area contributed by atoms with Gasteiger partial charge in [0, 0.05) is 6.04 Å². The molecule has 0 aliphatic rings. The van der Waals surface area contributed by atoms with E-state index < -0.39 is 0 Å². The molecule has 0 saturated carbocycles. The maximum absolute atomic E-state index is 3.28. The topological polar surface area (TPSA) is 12.0 Å². The Labute approximate surface area is 81.2 Å². The van der Waals surface area contributed by atoms with Crippen LogP contribution in [0.4, 0.5) is 0 Å². The van der Waals surface area contributed by atoms with Gasteiger partial charge in [0.15, 0.2) is 0 Å². The van der Waals surface area contributed by atoms with Gasteiger partial charge in [-0.05, 0) is 32.4 Å². The molecule has 1 nitrogen and oxygen atoms in total. The van der Waals surface area contributed by atoms with E-state index in [4.69, 9.17) is 0 Å². The van der Waals surface area contributed by atoms with Crippen LogP contribution in [0, 0.1) is 6.92 Å². The van der Waals surface area contributed by atoms with E-state index in [1.165, 1.54) is 11.1 Å². The molecular weight excluding hydrogens is 158 g/mol. The van der Waals surface area contributed by atoms with E-state index in [1.807, 2.05) is 7.05 Å². The summed E-state index contributed by atoms with van der Waals surface area (Å²) in [6.07, 6.45) is 0. The van der Waals surface area contributed by atoms with Crippen LogP contribution in [0.1, 0.15) is 30.9 Å². The highest BCUT2D eigenvalue weighted by molar-refractivity contribution is 5.24. The van der Waals surface area contributed by atoms with Gasteiger partial charge in [-0.2, -0.15) is 0 Å². The SMILES string of the molecule is CNC(C)C(C)c1ccc(C)cc1. The van der Waals surface area contributed by atoms with Gasteiger partial charge in [-0.15, -0.1) is 0 Å². The Balaban J connectivity index is 2.77. The molecule has 0 aliphatic heterocycles. The van der Waals surface area contributed by atoms with Crippen molar-refractivity contribution in [2.45, 2.75) is 32.7 Å². The number of aryl methyl sites for hydroxylation is 1. The average molecular weight is 177 g/mol. The van der Waals surface area contributed by atoms with Crippen molar-refractivity contribution >= 4 is 0 Å². The Bertz CT molecular complexity index is 250. The van der Waals surface area contributed by atoms with Gasteiger partial charge in [-0.25, -0.2) is 0 Å². The predicted octanol–water partition coefficient (Wildman–Crippen LogP) is 2.71. The van der Waals surface area contributed by atoms with Gasteiger partial charge in [-0.3, -0.25) is 0 Å². The fourth-order valence-electron chi connectivity index (χ4n) is 1.41. The smallest absolute Gasteiger partial charge is 0.0102 e. The first-order valence-electron chi connectivity index (χ1n) is 4.89. The van der Waals surface area contributed by atoms with Crippen LogP contribution in [0.2, 0.25) is 0 Å². The second-order valence-corrected chi connectivity index (χ2v) is 3.78. The first-order valence-corrected chi connectivity index (χ1v) is 4.89. The fraction of sp³-hybridized carbons (Fsp3) is 0.500. The molecule has 0 fully saturated rings. The summed E-state index contributed by atoms with van der Waals surface area (Å²) in [6, 6.07) is 9.31. The number of hydrogen-bond donors (Lipinski definition) is 1. The zero-order chi connectivity index (χ0) is 9.84. The third-order valence-corrected chi connectivity index (χ3v) is 2.81. The summed E-state index contributed by atoms with van der Waals surface area (Å²) in [4.78, 5) is 0. The largest absolute Gasteiger partial charge is 0.317 e. The summed E-state index contributed by atoms with van der Waals surface area (Å²) in [5.74, 6) is 0.575. The number of nitrogens with one attached hydrogen (secondary N) is 1. The lowest BCUT2D eigenvalue weighted by molar-refractivity contribution is 0.524. The second kappa shape index (κ2) is 4.43. The van der Waals surface area contributed by atoms with E-state index in [0.717, 1.165) is 0 Å². The molecule has 1 N–H and O–H groups in total. The van der Waals surface area contributed by atoms with Crippen LogP contribution < -0.4 is 5.32 Å². The molecule has 0 bridgehead atoms. The van der Waals surface area contributed by atoms with Crippen molar-refractivity contribution < 1.29 is 0 Å². The molecular formula is C12H19N. The molecule has 0 spiro atoms. The molecule has 1 aromatic carbocycles. The highest BCUT2D eigenvalue weighted by Crippen LogP contribution is 2.18. The van der Waals surface area contributed by atoms with E-state index in [2.05, 4.69) is 50.4 Å². The van der Waals surface area contributed by atoms with E-state index >= 15 is 0 Å². The minimum atomic E-state index is 0.530. The first-order chi connectivity index (χ1) is 6.15. The third kappa shape index (κ3) is 2.56. The lowest BCUT2D eigenvalue weighted by atomic mass is 9.94. The molecule has 1 aromatic rings. The molecule has 0 amide bonds. The maximum atomic E-state index is 3.28. The zero-order valence-electron chi connectivity index (χ0n) is 8.96. The minimum absolute atomic E-state index is 0.530. The van der Waals surface area contributed by atoms with E-state index in [-0.39, 0.29) is 0 Å². The minimum Gasteiger partial charge on any atom is -0.317 e. The van der Waals surface area contributed by atoms with E-state index in [0.29, 0.717) is 12.0 Å². The molecule has 0 radical (unpaired) electrons. The van der Waals surface area contributed by atoms with Crippen molar-refractivity contribution in [1.29, 1.82) is 0 Å². The molecule has 1 rings (SSSR count). The summed E-state index contributed by atoms with van der Waals surface area (Å²) in [7, 11) is 2.01. The van der Waals surface area contributed by atoms with E-state index in [9.17, 15) is 0 Å². The van der Waals surface area contributed by atoms with Crippen LogP contribution in [0.5, 0.6) is 0 Å². The third-order valence-electron chi connectivity index (χ3n) is 2.81. The Morgan fingerprint density at radius 1 is 1.08 bits per heavy atom. The van der Waals surface area contributed by atoms with Crippen molar-refractivity contribution in [3.05, 3.63) is 35.4 Å². The van der Waals surface area contributed by atoms with Crippen LogP contribution in [-0.4, -0.2) is 13.1 Å². The summed E-state index contributed by atoms with van der Waals surface area (Å²) >= 11 is 0. The van der Waals surface area contributed by atoms with Crippen molar-refractivity contribution in [2.24, 2.45) is 0 Å².